The fourth-order valence-corrected chi connectivity index (χ4v) is 4.58. The van der Waals surface area contributed by atoms with Gasteiger partial charge in [0.25, 0.3) is 0 Å². The second kappa shape index (κ2) is 16.1. The van der Waals surface area contributed by atoms with E-state index >= 15 is 0 Å². The fraction of sp³-hybridized carbons (Fsp3) is 0.333. The quantitative estimate of drug-likeness (QED) is 0.158. The number of carboxylic acids is 1. The minimum atomic E-state index is -1.16. The molecule has 43 heavy (non-hydrogen) atoms. The highest BCUT2D eigenvalue weighted by atomic mass is 16.4. The van der Waals surface area contributed by atoms with E-state index in [1.165, 1.54) is 12.1 Å². The highest BCUT2D eigenvalue weighted by molar-refractivity contribution is 5.94. The molecule has 10 heteroatoms. The van der Waals surface area contributed by atoms with Gasteiger partial charge in [0.15, 0.2) is 0 Å². The van der Waals surface area contributed by atoms with Crippen LogP contribution in [-0.4, -0.2) is 58.1 Å². The van der Waals surface area contributed by atoms with E-state index in [4.69, 9.17) is 5.73 Å². The highest BCUT2D eigenvalue weighted by Crippen LogP contribution is 2.13. The molecule has 0 bridgehead atoms. The molecule has 0 aliphatic carbocycles. The van der Waals surface area contributed by atoms with Crippen LogP contribution in [0.3, 0.4) is 0 Å². The van der Waals surface area contributed by atoms with E-state index in [1.807, 2.05) is 43.3 Å². The molecular weight excluding hydrogens is 548 g/mol. The van der Waals surface area contributed by atoms with Crippen molar-refractivity contribution in [3.8, 4) is 5.75 Å². The molecule has 10 nitrogen and oxygen atoms in total. The summed E-state index contributed by atoms with van der Waals surface area (Å²) in [6, 6.07) is 20.2. The monoisotopic (exact) mass is 588 g/mol. The van der Waals surface area contributed by atoms with Crippen molar-refractivity contribution in [3.05, 3.63) is 102 Å². The van der Waals surface area contributed by atoms with Gasteiger partial charge in [-0.2, -0.15) is 0 Å². The van der Waals surface area contributed by atoms with Gasteiger partial charge in [-0.25, -0.2) is 4.79 Å². The molecule has 3 amide bonds. The summed E-state index contributed by atoms with van der Waals surface area (Å²) in [6.45, 7) is 3.57. The molecule has 0 saturated heterocycles. The van der Waals surface area contributed by atoms with Crippen molar-refractivity contribution in [1.29, 1.82) is 0 Å². The van der Waals surface area contributed by atoms with Crippen LogP contribution in [0.1, 0.15) is 37.0 Å². The van der Waals surface area contributed by atoms with Crippen LogP contribution in [0.25, 0.3) is 0 Å². The minimum Gasteiger partial charge on any atom is -0.508 e. The van der Waals surface area contributed by atoms with Crippen LogP contribution in [0.4, 0.5) is 0 Å². The Morgan fingerprint density at radius 2 is 1.12 bits per heavy atom. The summed E-state index contributed by atoms with van der Waals surface area (Å²) in [4.78, 5) is 52.2. The smallest absolute Gasteiger partial charge is 0.326 e. The number of hydrogen-bond donors (Lipinski definition) is 6. The maximum absolute atomic E-state index is 13.7. The third-order valence-corrected chi connectivity index (χ3v) is 7.34. The van der Waals surface area contributed by atoms with E-state index in [0.29, 0.717) is 6.42 Å². The number of phenolic OH excluding ortho intramolecular Hbond substituents is 1. The topological polar surface area (TPSA) is 171 Å². The van der Waals surface area contributed by atoms with Crippen molar-refractivity contribution >= 4 is 23.7 Å². The molecule has 0 saturated carbocycles. The third kappa shape index (κ3) is 10.3. The maximum atomic E-state index is 13.7. The van der Waals surface area contributed by atoms with Gasteiger partial charge in [-0.05, 0) is 41.2 Å². The zero-order valence-corrected chi connectivity index (χ0v) is 24.4. The van der Waals surface area contributed by atoms with Crippen LogP contribution in [0, 0.1) is 5.92 Å². The van der Waals surface area contributed by atoms with E-state index in [0.717, 1.165) is 16.7 Å². The van der Waals surface area contributed by atoms with E-state index in [2.05, 4.69) is 16.0 Å². The Labute approximate surface area is 251 Å². The Bertz CT molecular complexity index is 1350. The molecule has 0 aliphatic heterocycles. The first-order valence-electron chi connectivity index (χ1n) is 14.3. The molecule has 228 valence electrons. The van der Waals surface area contributed by atoms with Crippen LogP contribution < -0.4 is 21.7 Å². The number of benzene rings is 3. The lowest BCUT2D eigenvalue weighted by atomic mass is 9.97. The van der Waals surface area contributed by atoms with Gasteiger partial charge >= 0.3 is 5.97 Å². The van der Waals surface area contributed by atoms with Crippen LogP contribution >= 0.6 is 0 Å². The molecule has 0 aromatic heterocycles. The van der Waals surface area contributed by atoms with Gasteiger partial charge in [0, 0.05) is 12.8 Å². The average molecular weight is 589 g/mol. The average Bonchev–Trinajstić information content (AvgIpc) is 3.00. The minimum absolute atomic E-state index is 0.0919. The lowest BCUT2D eigenvalue weighted by Gasteiger charge is -2.27. The number of carbonyl (C=O) groups excluding carboxylic acids is 3. The molecular formula is C33H40N4O6. The van der Waals surface area contributed by atoms with Crippen molar-refractivity contribution < 1.29 is 29.4 Å². The number of carboxylic acid groups (broad SMARTS) is 1. The van der Waals surface area contributed by atoms with Gasteiger partial charge in [0.05, 0.1) is 6.04 Å². The molecule has 0 fully saturated rings. The molecule has 0 radical (unpaired) electrons. The van der Waals surface area contributed by atoms with Crippen LogP contribution in [-0.2, 0) is 38.4 Å². The van der Waals surface area contributed by atoms with E-state index in [1.54, 1.807) is 43.3 Å². The SMILES string of the molecule is CCC(C)C(NC(=O)C(Cc1ccccc1)NC(=O)C(Cc1ccccc1)NC(=O)C(N)Cc1ccc(O)cc1)C(=O)O. The van der Waals surface area contributed by atoms with Crippen LogP contribution in [0.15, 0.2) is 84.9 Å². The second-order valence-corrected chi connectivity index (χ2v) is 10.7. The number of phenols is 1. The molecule has 3 aromatic rings. The molecule has 7 N–H and O–H groups in total. The van der Waals surface area contributed by atoms with Crippen molar-refractivity contribution in [3.63, 3.8) is 0 Å². The summed E-state index contributed by atoms with van der Waals surface area (Å²) in [7, 11) is 0. The number of amides is 3. The number of nitrogens with one attached hydrogen (secondary N) is 3. The number of nitrogens with two attached hydrogens (primary N) is 1. The summed E-state index contributed by atoms with van der Waals surface area (Å²) >= 11 is 0. The van der Waals surface area contributed by atoms with Crippen molar-refractivity contribution in [2.75, 3.05) is 0 Å². The predicted molar refractivity (Wildman–Crippen MR) is 163 cm³/mol. The van der Waals surface area contributed by atoms with Gasteiger partial charge in [0.1, 0.15) is 23.9 Å². The van der Waals surface area contributed by atoms with Crippen LogP contribution in [0.2, 0.25) is 0 Å². The number of carbonyl (C=O) groups is 4. The molecule has 3 aromatic carbocycles. The summed E-state index contributed by atoms with van der Waals surface area (Å²) in [6.07, 6.45) is 0.950. The maximum Gasteiger partial charge on any atom is 0.326 e. The van der Waals surface area contributed by atoms with Crippen molar-refractivity contribution in [2.24, 2.45) is 11.7 Å². The zero-order valence-electron chi connectivity index (χ0n) is 24.4. The first-order valence-corrected chi connectivity index (χ1v) is 14.3. The molecule has 5 unspecified atom stereocenters. The van der Waals surface area contributed by atoms with Gasteiger partial charge in [0.2, 0.25) is 17.7 Å². The lowest BCUT2D eigenvalue weighted by molar-refractivity contribution is -0.143. The lowest BCUT2D eigenvalue weighted by Crippen LogP contribution is -2.58. The summed E-state index contributed by atoms with van der Waals surface area (Å²) < 4.78 is 0. The summed E-state index contributed by atoms with van der Waals surface area (Å²) in [5, 5.41) is 27.3. The van der Waals surface area contributed by atoms with Crippen molar-refractivity contribution in [2.45, 2.75) is 63.7 Å². The third-order valence-electron chi connectivity index (χ3n) is 7.34. The van der Waals surface area contributed by atoms with E-state index in [9.17, 15) is 29.4 Å². The first-order chi connectivity index (χ1) is 20.6. The van der Waals surface area contributed by atoms with Gasteiger partial charge in [-0.1, -0.05) is 93.1 Å². The molecule has 0 spiro atoms. The summed E-state index contributed by atoms with van der Waals surface area (Å²) in [5.74, 6) is -3.22. The molecule has 0 aliphatic rings. The molecule has 5 atom stereocenters. The second-order valence-electron chi connectivity index (χ2n) is 10.7. The number of rotatable bonds is 15. The molecule has 3 rings (SSSR count). The normalized spacial score (nSPS) is 14.4. The zero-order chi connectivity index (χ0) is 31.4. The van der Waals surface area contributed by atoms with E-state index < -0.39 is 47.9 Å². The standard InChI is InChI=1S/C33H40N4O6/c1-3-21(2)29(33(42)43)37-32(41)28(20-23-12-8-5-9-13-23)36-31(40)27(19-22-10-6-4-7-11-22)35-30(39)26(34)18-24-14-16-25(38)17-15-24/h4-17,21,26-29,38H,3,18-20,34H2,1-2H3,(H,35,39)(H,36,40)(H,37,41)(H,42,43). The Balaban J connectivity index is 1.83. The van der Waals surface area contributed by atoms with Gasteiger partial charge in [-0.3, -0.25) is 14.4 Å². The fourth-order valence-electron chi connectivity index (χ4n) is 4.58. The molecule has 0 heterocycles. The van der Waals surface area contributed by atoms with Gasteiger partial charge in [-0.15, -0.1) is 0 Å². The number of hydrogen-bond acceptors (Lipinski definition) is 6. The highest BCUT2D eigenvalue weighted by Gasteiger charge is 2.32. The Morgan fingerprint density at radius 1 is 0.674 bits per heavy atom. The predicted octanol–water partition coefficient (Wildman–Crippen LogP) is 2.33. The van der Waals surface area contributed by atoms with E-state index in [-0.39, 0.29) is 30.9 Å². The Kier molecular flexibility index (Phi) is 12.3. The largest absolute Gasteiger partial charge is 0.508 e. The Hall–Kier alpha value is -4.70. The van der Waals surface area contributed by atoms with Gasteiger partial charge < -0.3 is 31.9 Å². The summed E-state index contributed by atoms with van der Waals surface area (Å²) in [5.41, 5.74) is 8.46. The van der Waals surface area contributed by atoms with Crippen molar-refractivity contribution in [1.82, 2.24) is 16.0 Å². The number of aromatic hydroxyl groups is 1. The van der Waals surface area contributed by atoms with Crippen LogP contribution in [0.5, 0.6) is 5.75 Å². The Morgan fingerprint density at radius 3 is 1.58 bits per heavy atom. The number of aliphatic carboxylic acids is 1. The first kappa shape index (κ1) is 32.8.